The van der Waals surface area contributed by atoms with Crippen LogP contribution in [0.25, 0.3) is 27.5 Å². The van der Waals surface area contributed by atoms with Crippen LogP contribution >= 0.6 is 11.3 Å². The number of carbonyl (C=O) groups excluding carboxylic acids is 1. The Morgan fingerprint density at radius 3 is 2.88 bits per heavy atom. The number of rotatable bonds is 5. The Morgan fingerprint density at radius 2 is 2.12 bits per heavy atom. The third kappa shape index (κ3) is 3.48. The third-order valence-corrected chi connectivity index (χ3v) is 6.27. The summed E-state index contributed by atoms with van der Waals surface area (Å²) in [6, 6.07) is 8.12. The van der Waals surface area contributed by atoms with E-state index in [0.717, 1.165) is 21.7 Å². The van der Waals surface area contributed by atoms with Crippen LogP contribution in [0, 0.1) is 5.82 Å². The van der Waals surface area contributed by atoms with E-state index < -0.39 is 18.3 Å². The summed E-state index contributed by atoms with van der Waals surface area (Å²) in [4.78, 5) is 21.1. The van der Waals surface area contributed by atoms with E-state index in [-0.39, 0.29) is 12.3 Å². The van der Waals surface area contributed by atoms with E-state index >= 15 is 0 Å². The van der Waals surface area contributed by atoms with Crippen molar-refractivity contribution in [2.24, 2.45) is 0 Å². The summed E-state index contributed by atoms with van der Waals surface area (Å²) >= 11 is 1.25. The van der Waals surface area contributed by atoms with Gasteiger partial charge in [0.1, 0.15) is 18.1 Å². The van der Waals surface area contributed by atoms with Gasteiger partial charge < -0.3 is 10.2 Å². The second-order valence-electron chi connectivity index (χ2n) is 7.27. The molecule has 0 saturated carbocycles. The first-order valence-electron chi connectivity index (χ1n) is 9.91. The molecule has 1 aromatic carbocycles. The Hall–Kier alpha value is -3.47. The van der Waals surface area contributed by atoms with E-state index in [4.69, 9.17) is 10.2 Å². The van der Waals surface area contributed by atoms with E-state index in [2.05, 4.69) is 15.3 Å². The molecule has 1 amide bonds. The predicted octanol–water partition coefficient (Wildman–Crippen LogP) is 2.72. The van der Waals surface area contributed by atoms with E-state index in [9.17, 15) is 14.3 Å². The number of aliphatic hydroxyl groups excluding tert-OH is 2. The van der Waals surface area contributed by atoms with E-state index in [0.29, 0.717) is 34.9 Å². The maximum atomic E-state index is 14.9. The molecule has 0 atom stereocenters. The lowest BCUT2D eigenvalue weighted by atomic mass is 9.95. The first kappa shape index (κ1) is 20.4. The molecule has 162 valence electrons. The number of nitrogens with one attached hydrogen (secondary N) is 1. The Morgan fingerprint density at radius 1 is 1.25 bits per heavy atom. The first-order chi connectivity index (χ1) is 15.6. The van der Waals surface area contributed by atoms with Crippen LogP contribution in [0.3, 0.4) is 0 Å². The first-order valence-corrected chi connectivity index (χ1v) is 10.7. The Bertz CT molecular complexity index is 1320. The molecular weight excluding hydrogens is 433 g/mol. The summed E-state index contributed by atoms with van der Waals surface area (Å²) in [5.74, 6) is -1.03. The van der Waals surface area contributed by atoms with Gasteiger partial charge in [0, 0.05) is 23.5 Å². The molecule has 3 aromatic heterocycles. The summed E-state index contributed by atoms with van der Waals surface area (Å²) in [5.41, 5.74) is 4.68. The number of hydrogen-bond acceptors (Lipinski definition) is 7. The van der Waals surface area contributed by atoms with Crippen LogP contribution in [0.15, 0.2) is 42.7 Å². The number of nitrogens with zero attached hydrogens (tertiary/aromatic N) is 4. The molecule has 32 heavy (non-hydrogen) atoms. The highest BCUT2D eigenvalue weighted by atomic mass is 32.1. The molecule has 1 aliphatic carbocycles. The van der Waals surface area contributed by atoms with E-state index in [1.165, 1.54) is 23.5 Å². The SMILES string of the molecule is O=C(CO)Nc1nc2c(s1)-c1c(c(-c3cccnc3)nn1-c1cc(CO)ccc1F)CC2. The summed E-state index contributed by atoms with van der Waals surface area (Å²) in [7, 11) is 0. The van der Waals surface area contributed by atoms with Gasteiger partial charge in [-0.3, -0.25) is 15.1 Å². The smallest absolute Gasteiger partial charge is 0.251 e. The van der Waals surface area contributed by atoms with Crippen LogP contribution in [0.4, 0.5) is 9.52 Å². The van der Waals surface area contributed by atoms with Gasteiger partial charge in [0.15, 0.2) is 5.13 Å². The fraction of sp³-hybridized carbons (Fsp3) is 0.182. The van der Waals surface area contributed by atoms with Crippen LogP contribution in [0.2, 0.25) is 0 Å². The number of aryl methyl sites for hydroxylation is 1. The fourth-order valence-corrected chi connectivity index (χ4v) is 4.90. The molecule has 3 N–H and O–H groups in total. The average Bonchev–Trinajstić information content (AvgIpc) is 3.40. The molecule has 0 unspecified atom stereocenters. The van der Waals surface area contributed by atoms with Crippen LogP contribution in [0.1, 0.15) is 16.8 Å². The standard InChI is InChI=1S/C22H18FN5O3S/c23-15-5-3-12(10-29)8-17(15)28-20-14(19(27-28)13-2-1-7-24-9-13)4-6-16-21(20)32-22(25-16)26-18(31)11-30/h1-3,5,7-9,29-30H,4,6,10-11H2,(H,25,26,31). The lowest BCUT2D eigenvalue weighted by molar-refractivity contribution is -0.118. The van der Waals surface area contributed by atoms with Crippen molar-refractivity contribution >= 4 is 22.4 Å². The average molecular weight is 451 g/mol. The number of amides is 1. The van der Waals surface area contributed by atoms with E-state index in [1.54, 1.807) is 23.1 Å². The monoisotopic (exact) mass is 451 g/mol. The summed E-state index contributed by atoms with van der Waals surface area (Å²) in [5, 5.41) is 26.3. The molecule has 0 aliphatic heterocycles. The number of fused-ring (bicyclic) bond motifs is 3. The Labute approximate surface area is 186 Å². The fourth-order valence-electron chi connectivity index (χ4n) is 3.81. The topological polar surface area (TPSA) is 113 Å². The minimum atomic E-state index is -0.641. The van der Waals surface area contributed by atoms with Gasteiger partial charge in [-0.25, -0.2) is 14.1 Å². The number of aliphatic hydroxyl groups is 2. The van der Waals surface area contributed by atoms with Gasteiger partial charge in [-0.05, 0) is 42.7 Å². The number of carbonyl (C=O) groups is 1. The van der Waals surface area contributed by atoms with Gasteiger partial charge in [0.25, 0.3) is 5.91 Å². The van der Waals surface area contributed by atoms with Gasteiger partial charge in [-0.2, -0.15) is 5.10 Å². The van der Waals surface area contributed by atoms with Crippen LogP contribution in [-0.4, -0.2) is 42.5 Å². The highest BCUT2D eigenvalue weighted by Crippen LogP contribution is 2.44. The van der Waals surface area contributed by atoms with Crippen molar-refractivity contribution in [1.29, 1.82) is 0 Å². The molecule has 10 heteroatoms. The maximum absolute atomic E-state index is 14.9. The van der Waals surface area contributed by atoms with Gasteiger partial charge in [-0.1, -0.05) is 17.4 Å². The number of thiazole rings is 1. The van der Waals surface area contributed by atoms with Gasteiger partial charge >= 0.3 is 0 Å². The normalized spacial score (nSPS) is 12.3. The zero-order chi connectivity index (χ0) is 22.2. The molecular formula is C22H18FN5O3S. The second kappa shape index (κ2) is 8.23. The van der Waals surface area contributed by atoms with E-state index in [1.807, 2.05) is 12.1 Å². The molecule has 5 rings (SSSR count). The summed E-state index contributed by atoms with van der Waals surface area (Å²) in [6.45, 7) is -0.868. The number of pyridine rings is 1. The second-order valence-corrected chi connectivity index (χ2v) is 8.27. The van der Waals surface area contributed by atoms with Crippen molar-refractivity contribution < 1.29 is 19.4 Å². The molecule has 0 radical (unpaired) electrons. The van der Waals surface area contributed by atoms with Crippen molar-refractivity contribution in [1.82, 2.24) is 19.7 Å². The van der Waals surface area contributed by atoms with Gasteiger partial charge in [-0.15, -0.1) is 0 Å². The minimum absolute atomic E-state index is 0.213. The van der Waals surface area contributed by atoms with Crippen LogP contribution < -0.4 is 5.32 Å². The zero-order valence-corrected chi connectivity index (χ0v) is 17.6. The number of benzene rings is 1. The predicted molar refractivity (Wildman–Crippen MR) is 117 cm³/mol. The maximum Gasteiger partial charge on any atom is 0.251 e. The third-order valence-electron chi connectivity index (χ3n) is 5.25. The molecule has 0 saturated heterocycles. The summed E-state index contributed by atoms with van der Waals surface area (Å²) in [6.07, 6.45) is 4.65. The lowest BCUT2D eigenvalue weighted by Gasteiger charge is -2.15. The summed E-state index contributed by atoms with van der Waals surface area (Å²) < 4.78 is 16.5. The minimum Gasteiger partial charge on any atom is -0.392 e. The quantitative estimate of drug-likeness (QED) is 0.430. The van der Waals surface area contributed by atoms with Gasteiger partial charge in [0.2, 0.25) is 0 Å². The number of hydrogen-bond donors (Lipinski definition) is 3. The molecule has 0 bridgehead atoms. The zero-order valence-electron chi connectivity index (χ0n) is 16.7. The number of halogens is 1. The molecule has 1 aliphatic rings. The molecule has 4 aromatic rings. The van der Waals surface area contributed by atoms with Crippen LogP contribution in [-0.2, 0) is 24.2 Å². The lowest BCUT2D eigenvalue weighted by Crippen LogP contribution is -2.15. The van der Waals surface area contributed by atoms with Crippen molar-refractivity contribution in [3.8, 4) is 27.5 Å². The van der Waals surface area contributed by atoms with Crippen molar-refractivity contribution in [2.75, 3.05) is 11.9 Å². The largest absolute Gasteiger partial charge is 0.392 e. The Kier molecular flexibility index (Phi) is 5.25. The van der Waals surface area contributed by atoms with Crippen molar-refractivity contribution in [3.63, 3.8) is 0 Å². The molecule has 0 spiro atoms. The highest BCUT2D eigenvalue weighted by molar-refractivity contribution is 7.19. The molecule has 3 heterocycles. The number of aromatic nitrogens is 4. The number of anilines is 1. The molecule has 0 fully saturated rings. The van der Waals surface area contributed by atoms with Crippen molar-refractivity contribution in [3.05, 3.63) is 65.4 Å². The Balaban J connectivity index is 1.74. The highest BCUT2D eigenvalue weighted by Gasteiger charge is 2.30. The van der Waals surface area contributed by atoms with Crippen LogP contribution in [0.5, 0.6) is 0 Å². The van der Waals surface area contributed by atoms with Crippen molar-refractivity contribution in [2.45, 2.75) is 19.4 Å². The molecule has 8 nitrogen and oxygen atoms in total. The van der Waals surface area contributed by atoms with Gasteiger partial charge in [0.05, 0.1) is 28.6 Å².